The molecule has 1 unspecified atom stereocenters. The first-order valence-corrected chi connectivity index (χ1v) is 5.66. The largest absolute Gasteiger partial charge is 0.354 e. The first-order chi connectivity index (χ1) is 8.15. The van der Waals surface area contributed by atoms with Crippen molar-refractivity contribution < 1.29 is 9.59 Å². The summed E-state index contributed by atoms with van der Waals surface area (Å²) in [6.07, 6.45) is 2.96. The predicted octanol–water partition coefficient (Wildman–Crippen LogP) is 0.730. The van der Waals surface area contributed by atoms with Crippen molar-refractivity contribution in [1.82, 2.24) is 10.6 Å². The number of carbonyl (C=O) groups excluding carboxylic acids is 2. The van der Waals surface area contributed by atoms with Crippen molar-refractivity contribution in [2.24, 2.45) is 5.18 Å². The average molecular weight is 241 g/mol. The van der Waals surface area contributed by atoms with Crippen molar-refractivity contribution in [2.45, 2.75) is 32.2 Å². The highest BCUT2D eigenvalue weighted by atomic mass is 16.3. The minimum absolute atomic E-state index is 0.223. The maximum atomic E-state index is 11.3. The topological polar surface area (TPSA) is 87.6 Å². The van der Waals surface area contributed by atoms with E-state index in [9.17, 15) is 14.5 Å². The van der Waals surface area contributed by atoms with Crippen LogP contribution >= 0.6 is 0 Å². The van der Waals surface area contributed by atoms with Gasteiger partial charge in [-0.25, -0.2) is 0 Å². The molecule has 1 atom stereocenters. The fourth-order valence-corrected chi connectivity index (χ4v) is 1.27. The Morgan fingerprint density at radius 3 is 2.59 bits per heavy atom. The molecular formula is C11H19N3O3. The molecule has 0 heterocycles. The van der Waals surface area contributed by atoms with Crippen molar-refractivity contribution in [1.29, 1.82) is 0 Å². The van der Waals surface area contributed by atoms with E-state index >= 15 is 0 Å². The van der Waals surface area contributed by atoms with Gasteiger partial charge >= 0.3 is 0 Å². The van der Waals surface area contributed by atoms with Crippen LogP contribution in [0.3, 0.4) is 0 Å². The first-order valence-electron chi connectivity index (χ1n) is 5.66. The van der Waals surface area contributed by atoms with E-state index in [4.69, 9.17) is 0 Å². The third kappa shape index (κ3) is 7.21. The van der Waals surface area contributed by atoms with Crippen LogP contribution in [0.1, 0.15) is 26.2 Å². The van der Waals surface area contributed by atoms with Crippen LogP contribution in [0.4, 0.5) is 0 Å². The number of likely N-dealkylation sites (N-methyl/N-ethyl adjacent to an activating group) is 1. The molecule has 6 heteroatoms. The Balaban J connectivity index is 3.70. The van der Waals surface area contributed by atoms with Gasteiger partial charge in [-0.05, 0) is 32.3 Å². The van der Waals surface area contributed by atoms with Crippen molar-refractivity contribution in [2.75, 3.05) is 13.1 Å². The van der Waals surface area contributed by atoms with Crippen LogP contribution in [0.5, 0.6) is 0 Å². The Hall–Kier alpha value is -1.72. The number of rotatable bonds is 9. The Morgan fingerprint density at radius 2 is 2.06 bits per heavy atom. The normalized spacial score (nSPS) is 11.4. The van der Waals surface area contributed by atoms with E-state index in [1.54, 1.807) is 6.92 Å². The summed E-state index contributed by atoms with van der Waals surface area (Å²) in [5.74, 6) is -0.559. The van der Waals surface area contributed by atoms with Gasteiger partial charge in [-0.2, -0.15) is 0 Å². The highest BCUT2D eigenvalue weighted by Gasteiger charge is 2.17. The van der Waals surface area contributed by atoms with Gasteiger partial charge in [0.1, 0.15) is 0 Å². The number of hydrogen-bond donors (Lipinski definition) is 2. The summed E-state index contributed by atoms with van der Waals surface area (Å²) in [4.78, 5) is 32.5. The molecule has 0 fully saturated rings. The lowest BCUT2D eigenvalue weighted by Crippen LogP contribution is -2.33. The summed E-state index contributed by atoms with van der Waals surface area (Å²) in [5, 5.41) is 7.95. The van der Waals surface area contributed by atoms with Crippen LogP contribution in [-0.4, -0.2) is 30.9 Å². The van der Waals surface area contributed by atoms with Crippen LogP contribution in [0.25, 0.3) is 0 Å². The zero-order valence-corrected chi connectivity index (χ0v) is 10.1. The van der Waals surface area contributed by atoms with Crippen LogP contribution < -0.4 is 10.6 Å². The zero-order valence-electron chi connectivity index (χ0n) is 10.1. The van der Waals surface area contributed by atoms with Crippen LogP contribution in [0, 0.1) is 4.91 Å². The van der Waals surface area contributed by atoms with Crippen molar-refractivity contribution in [3.8, 4) is 0 Å². The van der Waals surface area contributed by atoms with Gasteiger partial charge in [0.2, 0.25) is 11.8 Å². The van der Waals surface area contributed by atoms with E-state index in [0.717, 1.165) is 0 Å². The predicted molar refractivity (Wildman–Crippen MR) is 65.3 cm³/mol. The maximum absolute atomic E-state index is 11.3. The van der Waals surface area contributed by atoms with Gasteiger partial charge in [-0.3, -0.25) is 9.59 Å². The number of nitrogens with one attached hydrogen (secondary N) is 2. The van der Waals surface area contributed by atoms with Crippen molar-refractivity contribution in [3.05, 3.63) is 17.6 Å². The molecule has 2 amide bonds. The summed E-state index contributed by atoms with van der Waals surface area (Å²) in [6.45, 7) is 6.10. The minimum Gasteiger partial charge on any atom is -0.354 e. The molecule has 17 heavy (non-hydrogen) atoms. The molecule has 96 valence electrons. The van der Waals surface area contributed by atoms with Crippen molar-refractivity contribution >= 4 is 11.8 Å². The highest BCUT2D eigenvalue weighted by molar-refractivity contribution is 5.86. The van der Waals surface area contributed by atoms with Gasteiger partial charge in [0, 0.05) is 13.1 Å². The zero-order chi connectivity index (χ0) is 13.1. The third-order valence-electron chi connectivity index (χ3n) is 2.17. The monoisotopic (exact) mass is 241 g/mol. The van der Waals surface area contributed by atoms with Gasteiger partial charge < -0.3 is 10.6 Å². The quantitative estimate of drug-likeness (QED) is 0.354. The van der Waals surface area contributed by atoms with Crippen LogP contribution in [-0.2, 0) is 9.59 Å². The Kier molecular flexibility index (Phi) is 8.54. The molecule has 0 aliphatic carbocycles. The molecular weight excluding hydrogens is 222 g/mol. The molecule has 0 radical (unpaired) electrons. The number of unbranched alkanes of at least 4 members (excludes halogenated alkanes) is 1. The lowest BCUT2D eigenvalue weighted by molar-refractivity contribution is -0.122. The second-order valence-corrected chi connectivity index (χ2v) is 3.51. The smallest absolute Gasteiger partial charge is 0.248 e. The molecule has 0 aromatic rings. The van der Waals surface area contributed by atoms with E-state index in [0.29, 0.717) is 32.4 Å². The summed E-state index contributed by atoms with van der Waals surface area (Å²) >= 11 is 0. The molecule has 0 spiro atoms. The van der Waals surface area contributed by atoms with Gasteiger partial charge in [-0.1, -0.05) is 11.8 Å². The highest BCUT2D eigenvalue weighted by Crippen LogP contribution is 2.04. The Labute approximate surface area is 101 Å². The lowest BCUT2D eigenvalue weighted by atomic mass is 10.1. The van der Waals surface area contributed by atoms with E-state index in [1.165, 1.54) is 6.08 Å². The van der Waals surface area contributed by atoms with E-state index in [-0.39, 0.29) is 11.8 Å². The molecule has 2 N–H and O–H groups in total. The first kappa shape index (κ1) is 15.3. The molecule has 0 aliphatic heterocycles. The maximum Gasteiger partial charge on any atom is 0.248 e. The van der Waals surface area contributed by atoms with Crippen LogP contribution in [0.2, 0.25) is 0 Å². The number of nitrogens with zero attached hydrogens (tertiary/aromatic N) is 1. The summed E-state index contributed by atoms with van der Waals surface area (Å²) in [6, 6.07) is -0.829. The van der Waals surface area contributed by atoms with E-state index < -0.39 is 6.04 Å². The number of nitroso groups, excluding NO2 is 1. The summed E-state index contributed by atoms with van der Waals surface area (Å²) in [7, 11) is 0. The number of carbonyl (C=O) groups is 2. The molecule has 0 bridgehead atoms. The minimum atomic E-state index is -0.829. The summed E-state index contributed by atoms with van der Waals surface area (Å²) < 4.78 is 0. The van der Waals surface area contributed by atoms with E-state index in [2.05, 4.69) is 22.4 Å². The van der Waals surface area contributed by atoms with Crippen LogP contribution in [0.15, 0.2) is 17.8 Å². The third-order valence-corrected chi connectivity index (χ3v) is 2.17. The lowest BCUT2D eigenvalue weighted by Gasteiger charge is -2.08. The van der Waals surface area contributed by atoms with Gasteiger partial charge in [0.25, 0.3) is 0 Å². The second kappa shape index (κ2) is 9.50. The Bertz CT molecular complexity index is 279. The number of hydrogen-bond acceptors (Lipinski definition) is 4. The molecule has 0 aliphatic rings. The molecule has 0 saturated carbocycles. The van der Waals surface area contributed by atoms with E-state index in [1.807, 2.05) is 0 Å². The fraction of sp³-hybridized carbons (Fsp3) is 0.636. The van der Waals surface area contributed by atoms with Crippen molar-refractivity contribution in [3.63, 3.8) is 0 Å². The molecule has 0 aromatic carbocycles. The molecule has 0 aromatic heterocycles. The summed E-state index contributed by atoms with van der Waals surface area (Å²) in [5.41, 5.74) is 0. The molecule has 0 saturated heterocycles. The molecule has 6 nitrogen and oxygen atoms in total. The number of amides is 2. The second-order valence-electron chi connectivity index (χ2n) is 3.51. The molecule has 0 rings (SSSR count). The Morgan fingerprint density at radius 1 is 1.35 bits per heavy atom. The van der Waals surface area contributed by atoms with Gasteiger partial charge in [0.05, 0.1) is 0 Å². The van der Waals surface area contributed by atoms with Gasteiger partial charge in [0.15, 0.2) is 6.04 Å². The standard InChI is InChI=1S/C11H19N3O3/c1-3-10(15)13-8-6-5-7-9(14-17)11(16)12-4-2/h3,9H,1,4-8H2,2H3,(H,12,16)(H,13,15). The average Bonchev–Trinajstić information content (AvgIpc) is 2.33. The SMILES string of the molecule is C=CC(=O)NCCCCC(N=O)C(=O)NCC. The van der Waals surface area contributed by atoms with Gasteiger partial charge in [-0.15, -0.1) is 4.91 Å². The fourth-order valence-electron chi connectivity index (χ4n) is 1.27.